The first-order valence-electron chi connectivity index (χ1n) is 7.91. The molecule has 0 bridgehead atoms. The van der Waals surface area contributed by atoms with Gasteiger partial charge in [-0.2, -0.15) is 0 Å². The minimum Gasteiger partial charge on any atom is -0.436 e. The molecule has 2 N–H and O–H groups in total. The van der Waals surface area contributed by atoms with Crippen LogP contribution in [0.25, 0.3) is 22.6 Å². The van der Waals surface area contributed by atoms with Crippen LogP contribution >= 0.6 is 23.6 Å². The van der Waals surface area contributed by atoms with E-state index in [9.17, 15) is 9.18 Å². The Hall–Kier alpha value is -3.10. The number of carbonyl (C=O) groups excluding carboxylic acids is 1. The van der Waals surface area contributed by atoms with Crippen LogP contribution in [-0.2, 0) is 0 Å². The summed E-state index contributed by atoms with van der Waals surface area (Å²) in [5.41, 5.74) is 2.36. The van der Waals surface area contributed by atoms with Crippen molar-refractivity contribution in [1.82, 2.24) is 10.3 Å². The Morgan fingerprint density at radius 2 is 2.04 bits per heavy atom. The fourth-order valence-corrected chi connectivity index (χ4v) is 3.31. The number of benzene rings is 2. The van der Waals surface area contributed by atoms with E-state index in [1.165, 1.54) is 23.5 Å². The van der Waals surface area contributed by atoms with Gasteiger partial charge in [-0.1, -0.05) is 12.1 Å². The number of nitrogens with zero attached hydrogens (tertiary/aromatic N) is 1. The van der Waals surface area contributed by atoms with Gasteiger partial charge in [0.2, 0.25) is 5.89 Å². The molecular weight excluding hydrogens is 385 g/mol. The Morgan fingerprint density at radius 1 is 1.15 bits per heavy atom. The van der Waals surface area contributed by atoms with Crippen LogP contribution in [0.1, 0.15) is 9.67 Å². The Morgan fingerprint density at radius 3 is 2.81 bits per heavy atom. The standard InChI is InChI=1S/C19H12FN3O2S2/c20-12-4-1-3-11(9-12)18-22-14-10-13(6-7-15(14)25-18)21-19(26)23-17(24)16-5-2-8-27-16/h1-10H,(H2,21,23,24,26). The van der Waals surface area contributed by atoms with Gasteiger partial charge >= 0.3 is 0 Å². The van der Waals surface area contributed by atoms with E-state index in [4.69, 9.17) is 16.6 Å². The summed E-state index contributed by atoms with van der Waals surface area (Å²) in [7, 11) is 0. The zero-order valence-corrected chi connectivity index (χ0v) is 15.4. The minimum absolute atomic E-state index is 0.182. The summed E-state index contributed by atoms with van der Waals surface area (Å²) in [4.78, 5) is 17.0. The van der Waals surface area contributed by atoms with Crippen LogP contribution < -0.4 is 10.6 Å². The number of hydrogen-bond donors (Lipinski definition) is 2. The summed E-state index contributed by atoms with van der Waals surface area (Å²) in [5.74, 6) is -0.294. The SMILES string of the molecule is O=C(NC(=S)Nc1ccc2oc(-c3cccc(F)c3)nc2c1)c1cccs1. The van der Waals surface area contributed by atoms with E-state index >= 15 is 0 Å². The zero-order valence-electron chi connectivity index (χ0n) is 13.7. The van der Waals surface area contributed by atoms with E-state index in [0.717, 1.165) is 0 Å². The number of nitrogens with one attached hydrogen (secondary N) is 2. The second-order valence-corrected chi connectivity index (χ2v) is 6.95. The van der Waals surface area contributed by atoms with Crippen LogP contribution in [0.2, 0.25) is 0 Å². The van der Waals surface area contributed by atoms with Gasteiger partial charge in [0.05, 0.1) is 4.88 Å². The lowest BCUT2D eigenvalue weighted by Gasteiger charge is -2.08. The normalized spacial score (nSPS) is 10.7. The number of hydrogen-bond acceptors (Lipinski definition) is 5. The van der Waals surface area contributed by atoms with Crippen molar-refractivity contribution < 1.29 is 13.6 Å². The highest BCUT2D eigenvalue weighted by Gasteiger charge is 2.11. The van der Waals surface area contributed by atoms with Crippen molar-refractivity contribution in [2.24, 2.45) is 0 Å². The van der Waals surface area contributed by atoms with Crippen LogP contribution in [-0.4, -0.2) is 16.0 Å². The average molecular weight is 397 g/mol. The molecule has 4 rings (SSSR count). The first-order chi connectivity index (χ1) is 13.1. The summed E-state index contributed by atoms with van der Waals surface area (Å²) in [6.07, 6.45) is 0. The smallest absolute Gasteiger partial charge is 0.267 e. The van der Waals surface area contributed by atoms with Crippen molar-refractivity contribution in [1.29, 1.82) is 0 Å². The molecule has 0 fully saturated rings. The molecule has 0 saturated heterocycles. The molecule has 0 unspecified atom stereocenters. The summed E-state index contributed by atoms with van der Waals surface area (Å²) in [6.45, 7) is 0. The van der Waals surface area contributed by atoms with Crippen molar-refractivity contribution in [3.8, 4) is 11.5 Å². The number of halogens is 1. The van der Waals surface area contributed by atoms with E-state index in [1.54, 1.807) is 42.5 Å². The fraction of sp³-hybridized carbons (Fsp3) is 0. The molecule has 0 spiro atoms. The first kappa shape index (κ1) is 17.3. The number of carbonyl (C=O) groups is 1. The van der Waals surface area contributed by atoms with Gasteiger partial charge in [0, 0.05) is 11.3 Å². The molecule has 2 heterocycles. The zero-order chi connectivity index (χ0) is 18.8. The van der Waals surface area contributed by atoms with Gasteiger partial charge in [0.15, 0.2) is 10.7 Å². The number of fused-ring (bicyclic) bond motifs is 1. The molecule has 0 aliphatic carbocycles. The Balaban J connectivity index is 1.51. The molecule has 0 aliphatic heterocycles. The van der Waals surface area contributed by atoms with E-state index in [2.05, 4.69) is 15.6 Å². The van der Waals surface area contributed by atoms with Crippen molar-refractivity contribution in [3.63, 3.8) is 0 Å². The maximum absolute atomic E-state index is 13.4. The van der Waals surface area contributed by atoms with Gasteiger partial charge in [-0.05, 0) is 60.1 Å². The predicted molar refractivity (Wildman–Crippen MR) is 107 cm³/mol. The average Bonchev–Trinajstić information content (AvgIpc) is 3.31. The molecule has 134 valence electrons. The molecule has 0 atom stereocenters. The Kier molecular flexibility index (Phi) is 4.66. The number of anilines is 1. The third-order valence-electron chi connectivity index (χ3n) is 3.69. The second kappa shape index (κ2) is 7.26. The van der Waals surface area contributed by atoms with E-state index < -0.39 is 0 Å². The number of oxazole rings is 1. The maximum atomic E-state index is 13.4. The monoisotopic (exact) mass is 397 g/mol. The maximum Gasteiger partial charge on any atom is 0.267 e. The molecule has 2 aromatic heterocycles. The highest BCUT2D eigenvalue weighted by Crippen LogP contribution is 2.26. The molecule has 1 amide bonds. The third kappa shape index (κ3) is 3.86. The van der Waals surface area contributed by atoms with Gasteiger partial charge < -0.3 is 9.73 Å². The molecule has 27 heavy (non-hydrogen) atoms. The van der Waals surface area contributed by atoms with Gasteiger partial charge in [-0.25, -0.2) is 9.37 Å². The van der Waals surface area contributed by atoms with Gasteiger partial charge in [0.1, 0.15) is 11.3 Å². The minimum atomic E-state index is -0.357. The van der Waals surface area contributed by atoms with Crippen molar-refractivity contribution in [2.75, 3.05) is 5.32 Å². The summed E-state index contributed by atoms with van der Waals surface area (Å²) in [5, 5.41) is 7.57. The first-order valence-corrected chi connectivity index (χ1v) is 9.20. The Bertz CT molecular complexity index is 1140. The van der Waals surface area contributed by atoms with Crippen LogP contribution in [0.4, 0.5) is 10.1 Å². The Labute approximate surface area is 162 Å². The predicted octanol–water partition coefficient (Wildman–Crippen LogP) is 4.82. The lowest BCUT2D eigenvalue weighted by Crippen LogP contribution is -2.33. The van der Waals surface area contributed by atoms with Crippen molar-refractivity contribution in [2.45, 2.75) is 0 Å². The largest absolute Gasteiger partial charge is 0.436 e. The van der Waals surface area contributed by atoms with Gasteiger partial charge in [-0.3, -0.25) is 10.1 Å². The molecule has 0 aliphatic rings. The number of rotatable bonds is 3. The number of aromatic nitrogens is 1. The highest BCUT2D eigenvalue weighted by atomic mass is 32.1. The van der Waals surface area contributed by atoms with Crippen molar-refractivity contribution >= 4 is 51.4 Å². The van der Waals surface area contributed by atoms with Crippen LogP contribution in [0.3, 0.4) is 0 Å². The van der Waals surface area contributed by atoms with Crippen LogP contribution in [0.15, 0.2) is 64.4 Å². The quantitative estimate of drug-likeness (QED) is 0.485. The van der Waals surface area contributed by atoms with Gasteiger partial charge in [-0.15, -0.1) is 11.3 Å². The third-order valence-corrected chi connectivity index (χ3v) is 4.76. The number of thiophene rings is 1. The van der Waals surface area contributed by atoms with E-state index in [1.807, 2.05) is 5.38 Å². The fourth-order valence-electron chi connectivity index (χ4n) is 2.48. The summed E-state index contributed by atoms with van der Waals surface area (Å²) < 4.78 is 19.1. The van der Waals surface area contributed by atoms with Crippen molar-refractivity contribution in [3.05, 3.63) is 70.7 Å². The molecule has 5 nitrogen and oxygen atoms in total. The topological polar surface area (TPSA) is 67.2 Å². The molecule has 2 aromatic carbocycles. The van der Waals surface area contributed by atoms with E-state index in [-0.39, 0.29) is 16.8 Å². The lowest BCUT2D eigenvalue weighted by molar-refractivity contribution is 0.0981. The molecule has 0 radical (unpaired) electrons. The molecular formula is C19H12FN3O2S2. The lowest BCUT2D eigenvalue weighted by atomic mass is 10.2. The van der Waals surface area contributed by atoms with Crippen LogP contribution in [0.5, 0.6) is 0 Å². The molecule has 4 aromatic rings. The molecule has 8 heteroatoms. The number of amides is 1. The molecule has 0 saturated carbocycles. The van der Waals surface area contributed by atoms with Gasteiger partial charge in [0.25, 0.3) is 5.91 Å². The summed E-state index contributed by atoms with van der Waals surface area (Å²) in [6, 6.07) is 14.8. The second-order valence-electron chi connectivity index (χ2n) is 5.60. The summed E-state index contributed by atoms with van der Waals surface area (Å²) >= 11 is 6.52. The number of thiocarbonyl (C=S) groups is 1. The highest BCUT2D eigenvalue weighted by molar-refractivity contribution is 7.80. The van der Waals surface area contributed by atoms with E-state index in [0.29, 0.717) is 33.1 Å². The van der Waals surface area contributed by atoms with Crippen LogP contribution in [0, 0.1) is 5.82 Å².